The van der Waals surface area contributed by atoms with E-state index in [1.165, 1.54) is 19.1 Å². The van der Waals surface area contributed by atoms with Crippen LogP contribution < -0.4 is 0 Å². The Hall–Kier alpha value is -3.32. The van der Waals surface area contributed by atoms with Gasteiger partial charge in [0.15, 0.2) is 0 Å². The van der Waals surface area contributed by atoms with Crippen molar-refractivity contribution < 1.29 is 23.9 Å². The zero-order valence-corrected chi connectivity index (χ0v) is 17.8. The Balaban J connectivity index is 1.92. The Bertz CT molecular complexity index is 1150. The van der Waals surface area contributed by atoms with Crippen molar-refractivity contribution in [2.24, 2.45) is 0 Å². The summed E-state index contributed by atoms with van der Waals surface area (Å²) in [5.41, 5.74) is 3.79. The number of benzene rings is 2. The topological polar surface area (TPSA) is 88.7 Å². The van der Waals surface area contributed by atoms with Crippen molar-refractivity contribution in [1.82, 2.24) is 9.88 Å². The SMILES string of the molecule is COC(=O)c1ccc(C2c3[nH]c4ccccc4c3C[C@H](C(=O)OC)N2C(=O)CCl)cc1. The van der Waals surface area contributed by atoms with Gasteiger partial charge in [0.05, 0.1) is 25.8 Å². The molecular weight excluding hydrogens is 420 g/mol. The fourth-order valence-corrected chi connectivity index (χ4v) is 4.39. The van der Waals surface area contributed by atoms with E-state index in [0.29, 0.717) is 12.0 Å². The lowest BCUT2D eigenvalue weighted by Crippen LogP contribution is -2.52. The van der Waals surface area contributed by atoms with Gasteiger partial charge in [-0.3, -0.25) is 4.79 Å². The van der Waals surface area contributed by atoms with Crippen LogP contribution in [0.4, 0.5) is 0 Å². The molecule has 7 nitrogen and oxygen atoms in total. The largest absolute Gasteiger partial charge is 0.467 e. The number of hydrogen-bond acceptors (Lipinski definition) is 5. The van der Waals surface area contributed by atoms with Crippen molar-refractivity contribution in [3.8, 4) is 0 Å². The smallest absolute Gasteiger partial charge is 0.337 e. The number of halogens is 1. The number of fused-ring (bicyclic) bond motifs is 3. The fourth-order valence-electron chi connectivity index (χ4n) is 4.25. The molecule has 0 radical (unpaired) electrons. The summed E-state index contributed by atoms with van der Waals surface area (Å²) < 4.78 is 9.79. The highest BCUT2D eigenvalue weighted by atomic mass is 35.5. The Kier molecular flexibility index (Phi) is 5.69. The molecule has 1 amide bonds. The number of methoxy groups -OCH3 is 2. The molecule has 0 saturated heterocycles. The monoisotopic (exact) mass is 440 g/mol. The summed E-state index contributed by atoms with van der Waals surface area (Å²) in [7, 11) is 2.62. The van der Waals surface area contributed by atoms with Crippen LogP contribution in [-0.4, -0.2) is 53.9 Å². The van der Waals surface area contributed by atoms with E-state index in [-0.39, 0.29) is 11.8 Å². The first-order valence-electron chi connectivity index (χ1n) is 9.72. The van der Waals surface area contributed by atoms with Gasteiger partial charge in [0.2, 0.25) is 5.91 Å². The highest BCUT2D eigenvalue weighted by Crippen LogP contribution is 2.41. The van der Waals surface area contributed by atoms with E-state index in [9.17, 15) is 14.4 Å². The van der Waals surface area contributed by atoms with Gasteiger partial charge in [-0.05, 0) is 29.3 Å². The summed E-state index contributed by atoms with van der Waals surface area (Å²) in [4.78, 5) is 42.4. The maximum absolute atomic E-state index is 12.9. The van der Waals surface area contributed by atoms with Crippen molar-refractivity contribution in [3.05, 3.63) is 70.9 Å². The van der Waals surface area contributed by atoms with Crippen LogP contribution in [0.3, 0.4) is 0 Å². The van der Waals surface area contributed by atoms with Gasteiger partial charge in [-0.2, -0.15) is 0 Å². The van der Waals surface area contributed by atoms with E-state index in [1.807, 2.05) is 24.3 Å². The zero-order chi connectivity index (χ0) is 22.1. The molecule has 0 spiro atoms. The van der Waals surface area contributed by atoms with E-state index >= 15 is 0 Å². The minimum Gasteiger partial charge on any atom is -0.467 e. The number of rotatable bonds is 4. The molecule has 0 saturated carbocycles. The Morgan fingerprint density at radius 1 is 1.06 bits per heavy atom. The second-order valence-electron chi connectivity index (χ2n) is 7.26. The van der Waals surface area contributed by atoms with Crippen LogP contribution in [0.1, 0.15) is 33.2 Å². The predicted octanol–water partition coefficient (Wildman–Crippen LogP) is 3.21. The number of ether oxygens (including phenoxy) is 2. The summed E-state index contributed by atoms with van der Waals surface area (Å²) in [5, 5.41) is 0.987. The van der Waals surface area contributed by atoms with Crippen molar-refractivity contribution in [2.75, 3.05) is 20.1 Å². The van der Waals surface area contributed by atoms with Gasteiger partial charge in [-0.25, -0.2) is 9.59 Å². The highest BCUT2D eigenvalue weighted by Gasteiger charge is 2.43. The van der Waals surface area contributed by atoms with Gasteiger partial charge >= 0.3 is 11.9 Å². The van der Waals surface area contributed by atoms with E-state index in [2.05, 4.69) is 4.98 Å². The summed E-state index contributed by atoms with van der Waals surface area (Å²) in [6, 6.07) is 13.1. The molecule has 31 heavy (non-hydrogen) atoms. The number of H-pyrrole nitrogens is 1. The molecule has 160 valence electrons. The van der Waals surface area contributed by atoms with Crippen molar-refractivity contribution in [1.29, 1.82) is 0 Å². The van der Waals surface area contributed by atoms with Crippen LogP contribution in [-0.2, 0) is 25.5 Å². The number of alkyl halides is 1. The minimum atomic E-state index is -0.826. The van der Waals surface area contributed by atoms with Gasteiger partial charge < -0.3 is 19.4 Å². The first-order valence-corrected chi connectivity index (χ1v) is 10.3. The van der Waals surface area contributed by atoms with Gasteiger partial charge in [0.25, 0.3) is 0 Å². The lowest BCUT2D eigenvalue weighted by molar-refractivity contribution is -0.154. The molecule has 2 heterocycles. The number of nitrogens with one attached hydrogen (secondary N) is 1. The molecule has 4 rings (SSSR count). The number of carbonyl (C=O) groups excluding carboxylic acids is 3. The molecule has 0 aliphatic carbocycles. The molecule has 2 atom stereocenters. The number of nitrogens with zero attached hydrogens (tertiary/aromatic N) is 1. The number of para-hydroxylation sites is 1. The standard InChI is InChI=1S/C23H21ClN2O5/c1-30-22(28)14-9-7-13(8-10-14)21-20-16(15-5-3-4-6-17(15)25-20)11-18(23(29)31-2)26(21)19(27)12-24/h3-10,18,21,25H,11-12H2,1-2H3/t18-,21?/m1/s1. The lowest BCUT2D eigenvalue weighted by atomic mass is 9.87. The molecule has 1 N–H and O–H groups in total. The first-order chi connectivity index (χ1) is 15.0. The van der Waals surface area contributed by atoms with E-state index in [0.717, 1.165) is 27.7 Å². The van der Waals surface area contributed by atoms with Crippen LogP contribution in [0.5, 0.6) is 0 Å². The Morgan fingerprint density at radius 3 is 2.42 bits per heavy atom. The molecular formula is C23H21ClN2O5. The molecule has 8 heteroatoms. The normalized spacial score (nSPS) is 17.8. The molecule has 1 aromatic heterocycles. The average molecular weight is 441 g/mol. The van der Waals surface area contributed by atoms with Gasteiger partial charge in [0.1, 0.15) is 11.9 Å². The van der Waals surface area contributed by atoms with Crippen LogP contribution in [0.15, 0.2) is 48.5 Å². The molecule has 0 fully saturated rings. The summed E-state index contributed by atoms with van der Waals surface area (Å²) in [6.45, 7) is 0. The van der Waals surface area contributed by atoms with E-state index in [1.54, 1.807) is 24.3 Å². The van der Waals surface area contributed by atoms with Crippen molar-refractivity contribution >= 4 is 40.3 Å². The predicted molar refractivity (Wildman–Crippen MR) is 115 cm³/mol. The summed E-state index contributed by atoms with van der Waals surface area (Å²) >= 11 is 5.93. The third-order valence-corrected chi connectivity index (χ3v) is 5.88. The third-order valence-electron chi connectivity index (χ3n) is 5.65. The number of aromatic amines is 1. The molecule has 1 aliphatic rings. The second kappa shape index (κ2) is 8.43. The van der Waals surface area contributed by atoms with Crippen LogP contribution in [0, 0.1) is 0 Å². The Labute approximate surface area is 183 Å². The third kappa shape index (κ3) is 3.55. The van der Waals surface area contributed by atoms with E-state index in [4.69, 9.17) is 21.1 Å². The Morgan fingerprint density at radius 2 is 1.77 bits per heavy atom. The number of aromatic nitrogens is 1. The average Bonchev–Trinajstić information content (AvgIpc) is 3.19. The lowest BCUT2D eigenvalue weighted by Gasteiger charge is -2.40. The summed E-state index contributed by atoms with van der Waals surface area (Å²) in [6.07, 6.45) is 0.311. The van der Waals surface area contributed by atoms with Crippen LogP contribution in [0.25, 0.3) is 10.9 Å². The molecule has 3 aromatic rings. The maximum Gasteiger partial charge on any atom is 0.337 e. The molecule has 1 unspecified atom stereocenters. The summed E-state index contributed by atoms with van der Waals surface area (Å²) in [5.74, 6) is -1.63. The molecule has 0 bridgehead atoms. The van der Waals surface area contributed by atoms with Crippen molar-refractivity contribution in [2.45, 2.75) is 18.5 Å². The van der Waals surface area contributed by atoms with Crippen molar-refractivity contribution in [3.63, 3.8) is 0 Å². The quantitative estimate of drug-likeness (QED) is 0.497. The number of hydrogen-bond donors (Lipinski definition) is 1. The first kappa shape index (κ1) is 20.9. The number of esters is 2. The van der Waals surface area contributed by atoms with E-state index < -0.39 is 24.0 Å². The maximum atomic E-state index is 12.9. The van der Waals surface area contributed by atoms with Crippen LogP contribution >= 0.6 is 11.6 Å². The van der Waals surface area contributed by atoms with Gasteiger partial charge in [-0.1, -0.05) is 30.3 Å². The zero-order valence-electron chi connectivity index (χ0n) is 17.1. The number of amides is 1. The van der Waals surface area contributed by atoms with Gasteiger partial charge in [-0.15, -0.1) is 11.6 Å². The minimum absolute atomic E-state index is 0.278. The highest BCUT2D eigenvalue weighted by molar-refractivity contribution is 6.27. The number of carbonyl (C=O) groups is 3. The van der Waals surface area contributed by atoms with Gasteiger partial charge in [0, 0.05) is 23.0 Å². The second-order valence-corrected chi connectivity index (χ2v) is 7.52. The van der Waals surface area contributed by atoms with Crippen LogP contribution in [0.2, 0.25) is 0 Å². The fraction of sp³-hybridized carbons (Fsp3) is 0.261. The molecule has 2 aromatic carbocycles. The molecule has 1 aliphatic heterocycles.